The van der Waals surface area contributed by atoms with E-state index in [4.69, 9.17) is 0 Å². The highest BCUT2D eigenvalue weighted by molar-refractivity contribution is 5.96. The Labute approximate surface area is 157 Å². The number of aryl methyl sites for hydroxylation is 1. The minimum Gasteiger partial charge on any atom is -0.362 e. The highest BCUT2D eigenvalue weighted by Crippen LogP contribution is 2.26. The Morgan fingerprint density at radius 2 is 1.78 bits per heavy atom. The van der Waals surface area contributed by atoms with Crippen molar-refractivity contribution in [3.05, 3.63) is 71.9 Å². The third-order valence-corrected chi connectivity index (χ3v) is 4.69. The van der Waals surface area contributed by atoms with Gasteiger partial charge in [-0.15, -0.1) is 0 Å². The Morgan fingerprint density at radius 1 is 0.963 bits per heavy atom. The van der Waals surface area contributed by atoms with Crippen molar-refractivity contribution >= 4 is 28.4 Å². The van der Waals surface area contributed by atoms with Crippen LogP contribution < -0.4 is 15.8 Å². The van der Waals surface area contributed by atoms with Gasteiger partial charge in [0.05, 0.1) is 12.1 Å². The fourth-order valence-electron chi connectivity index (χ4n) is 3.37. The third kappa shape index (κ3) is 3.74. The van der Waals surface area contributed by atoms with Gasteiger partial charge in [0, 0.05) is 17.6 Å². The number of benzene rings is 2. The minimum atomic E-state index is -0.437. The van der Waals surface area contributed by atoms with Gasteiger partial charge in [-0.3, -0.25) is 20.4 Å². The van der Waals surface area contributed by atoms with Gasteiger partial charge in [-0.1, -0.05) is 42.5 Å². The van der Waals surface area contributed by atoms with Crippen LogP contribution in [0, 0.1) is 0 Å². The summed E-state index contributed by atoms with van der Waals surface area (Å²) in [5.41, 5.74) is 8.27. The largest absolute Gasteiger partial charge is 0.362 e. The van der Waals surface area contributed by atoms with Crippen LogP contribution in [0.25, 0.3) is 10.9 Å². The quantitative estimate of drug-likeness (QED) is 0.704. The molecule has 0 saturated carbocycles. The van der Waals surface area contributed by atoms with Gasteiger partial charge in [-0.2, -0.15) is 0 Å². The zero-order chi connectivity index (χ0) is 18.6. The van der Waals surface area contributed by atoms with Crippen LogP contribution in [0.1, 0.15) is 22.5 Å². The molecule has 2 N–H and O–H groups in total. The van der Waals surface area contributed by atoms with Gasteiger partial charge in [-0.25, -0.2) is 4.98 Å². The lowest BCUT2D eigenvalue weighted by Crippen LogP contribution is -2.47. The summed E-state index contributed by atoms with van der Waals surface area (Å²) in [6.45, 7) is 1.02. The number of nitrogens with one attached hydrogen (secondary N) is 2. The number of anilines is 1. The molecule has 2 aromatic carbocycles. The fourth-order valence-corrected chi connectivity index (χ4v) is 3.37. The van der Waals surface area contributed by atoms with Crippen LogP contribution in [0.3, 0.4) is 0 Å². The second kappa shape index (κ2) is 7.45. The van der Waals surface area contributed by atoms with Crippen molar-refractivity contribution in [1.29, 1.82) is 0 Å². The number of carbonyl (C=O) groups is 2. The number of hydrogen-bond acceptors (Lipinski definition) is 4. The molecule has 0 saturated heterocycles. The van der Waals surface area contributed by atoms with Crippen LogP contribution in [0.2, 0.25) is 0 Å². The zero-order valence-corrected chi connectivity index (χ0v) is 14.8. The van der Waals surface area contributed by atoms with Crippen LogP contribution in [-0.4, -0.2) is 29.9 Å². The predicted octanol–water partition coefficient (Wildman–Crippen LogP) is 2.45. The van der Waals surface area contributed by atoms with E-state index >= 15 is 0 Å². The molecule has 0 atom stereocenters. The third-order valence-electron chi connectivity index (χ3n) is 4.69. The van der Waals surface area contributed by atoms with Crippen molar-refractivity contribution in [2.24, 2.45) is 0 Å². The van der Waals surface area contributed by atoms with E-state index in [9.17, 15) is 9.59 Å². The summed E-state index contributed by atoms with van der Waals surface area (Å²) < 4.78 is 0. The molecular weight excluding hydrogens is 340 g/mol. The normalized spacial score (nSPS) is 13.1. The van der Waals surface area contributed by atoms with Gasteiger partial charge in [0.2, 0.25) is 0 Å². The highest BCUT2D eigenvalue weighted by Gasteiger charge is 2.19. The summed E-state index contributed by atoms with van der Waals surface area (Å²) in [5, 5.41) is 0.960. The molecule has 0 bridgehead atoms. The van der Waals surface area contributed by atoms with Gasteiger partial charge in [0.1, 0.15) is 5.69 Å². The molecule has 2 amide bonds. The van der Waals surface area contributed by atoms with Crippen LogP contribution in [0.4, 0.5) is 5.69 Å². The number of hydrazine groups is 1. The first-order valence-corrected chi connectivity index (χ1v) is 8.98. The van der Waals surface area contributed by atoms with Crippen LogP contribution in [-0.2, 0) is 11.2 Å². The maximum atomic E-state index is 12.3. The van der Waals surface area contributed by atoms with E-state index in [1.165, 1.54) is 5.56 Å². The van der Waals surface area contributed by atoms with Crippen LogP contribution >= 0.6 is 0 Å². The first kappa shape index (κ1) is 17.0. The average Bonchev–Trinajstić information content (AvgIpc) is 2.72. The Hall–Kier alpha value is -3.41. The van der Waals surface area contributed by atoms with Crippen molar-refractivity contribution in [1.82, 2.24) is 15.8 Å². The van der Waals surface area contributed by atoms with E-state index in [0.717, 1.165) is 36.0 Å². The van der Waals surface area contributed by atoms with Gasteiger partial charge >= 0.3 is 0 Å². The Kier molecular flexibility index (Phi) is 4.70. The summed E-state index contributed by atoms with van der Waals surface area (Å²) in [7, 11) is 0. The fraction of sp³-hybridized carbons (Fsp3) is 0.190. The summed E-state index contributed by atoms with van der Waals surface area (Å²) in [4.78, 5) is 30.9. The summed E-state index contributed by atoms with van der Waals surface area (Å²) in [5.74, 6) is -0.700. The molecule has 6 heteroatoms. The van der Waals surface area contributed by atoms with E-state index in [2.05, 4.69) is 21.9 Å². The lowest BCUT2D eigenvalue weighted by atomic mass is 10.0. The van der Waals surface area contributed by atoms with E-state index in [1.54, 1.807) is 6.07 Å². The number of carbonyl (C=O) groups excluding carboxylic acids is 2. The molecule has 136 valence electrons. The molecule has 2 heterocycles. The van der Waals surface area contributed by atoms with E-state index in [-0.39, 0.29) is 18.1 Å². The maximum Gasteiger partial charge on any atom is 0.288 e. The summed E-state index contributed by atoms with van der Waals surface area (Å²) >= 11 is 0. The number of rotatable bonds is 3. The van der Waals surface area contributed by atoms with Crippen LogP contribution in [0.5, 0.6) is 0 Å². The monoisotopic (exact) mass is 360 g/mol. The molecule has 0 spiro atoms. The number of amides is 2. The van der Waals surface area contributed by atoms with E-state index in [0.29, 0.717) is 0 Å². The second-order valence-electron chi connectivity index (χ2n) is 6.55. The molecular formula is C21H20N4O2. The van der Waals surface area contributed by atoms with Crippen LogP contribution in [0.15, 0.2) is 60.7 Å². The van der Waals surface area contributed by atoms with Gasteiger partial charge < -0.3 is 4.90 Å². The lowest BCUT2D eigenvalue weighted by Gasteiger charge is -2.30. The standard InChI is InChI=1S/C21H20N4O2/c26-20(14-25-13-5-8-16-7-2-4-10-19(16)25)23-24-21(27)18-12-11-15-6-1-3-9-17(15)22-18/h1-4,6-7,9-12H,5,8,13-14H2,(H,23,26)(H,24,27). The minimum absolute atomic E-state index is 0.197. The molecule has 0 aliphatic carbocycles. The van der Waals surface area contributed by atoms with Gasteiger partial charge in [0.15, 0.2) is 0 Å². The zero-order valence-electron chi connectivity index (χ0n) is 14.8. The smallest absolute Gasteiger partial charge is 0.288 e. The number of nitrogens with zero attached hydrogens (tertiary/aromatic N) is 2. The number of para-hydroxylation sites is 2. The Bertz CT molecular complexity index is 1000. The van der Waals surface area contributed by atoms with Crippen molar-refractivity contribution < 1.29 is 9.59 Å². The first-order chi connectivity index (χ1) is 13.2. The highest BCUT2D eigenvalue weighted by atomic mass is 16.2. The Morgan fingerprint density at radius 3 is 2.70 bits per heavy atom. The number of pyridine rings is 1. The number of hydrogen-bond donors (Lipinski definition) is 2. The first-order valence-electron chi connectivity index (χ1n) is 8.98. The number of fused-ring (bicyclic) bond motifs is 2. The molecule has 4 rings (SSSR count). The molecule has 27 heavy (non-hydrogen) atoms. The van der Waals surface area contributed by atoms with Crippen molar-refractivity contribution in [3.8, 4) is 0 Å². The topological polar surface area (TPSA) is 74.3 Å². The molecule has 0 fully saturated rings. The van der Waals surface area contributed by atoms with E-state index < -0.39 is 5.91 Å². The average molecular weight is 360 g/mol. The molecule has 3 aromatic rings. The second-order valence-corrected chi connectivity index (χ2v) is 6.55. The SMILES string of the molecule is O=C(CN1CCCc2ccccc21)NNC(=O)c1ccc2ccccc2n1. The summed E-state index contributed by atoms with van der Waals surface area (Å²) in [6.07, 6.45) is 2.04. The maximum absolute atomic E-state index is 12.3. The summed E-state index contributed by atoms with van der Waals surface area (Å²) in [6, 6.07) is 19.2. The molecule has 0 unspecified atom stereocenters. The molecule has 1 aromatic heterocycles. The molecule has 1 aliphatic heterocycles. The van der Waals surface area contributed by atoms with Gasteiger partial charge in [0.25, 0.3) is 11.8 Å². The van der Waals surface area contributed by atoms with Gasteiger partial charge in [-0.05, 0) is 36.6 Å². The molecule has 1 aliphatic rings. The predicted molar refractivity (Wildman–Crippen MR) is 104 cm³/mol. The van der Waals surface area contributed by atoms with Crippen molar-refractivity contribution in [3.63, 3.8) is 0 Å². The van der Waals surface area contributed by atoms with Crippen molar-refractivity contribution in [2.75, 3.05) is 18.0 Å². The Balaban J connectivity index is 1.37. The van der Waals surface area contributed by atoms with Crippen molar-refractivity contribution in [2.45, 2.75) is 12.8 Å². The molecule has 6 nitrogen and oxygen atoms in total. The molecule has 0 radical (unpaired) electrons. The number of aromatic nitrogens is 1. The van der Waals surface area contributed by atoms with E-state index in [1.807, 2.05) is 53.4 Å². The lowest BCUT2D eigenvalue weighted by molar-refractivity contribution is -0.120.